The number of halogens is 1. The summed E-state index contributed by atoms with van der Waals surface area (Å²) in [7, 11) is -2.15. The summed E-state index contributed by atoms with van der Waals surface area (Å²) in [5.74, 6) is 0.267. The van der Waals surface area contributed by atoms with E-state index in [1.165, 1.54) is 7.05 Å². The molecule has 0 saturated heterocycles. The van der Waals surface area contributed by atoms with E-state index >= 15 is 0 Å². The monoisotopic (exact) mass is 265 g/mol. The van der Waals surface area contributed by atoms with Gasteiger partial charge in [-0.1, -0.05) is 6.07 Å². The largest absolute Gasteiger partial charge is 0.300 e. The zero-order valence-corrected chi connectivity index (χ0v) is 9.18. The number of anilines is 1. The molecule has 0 spiro atoms. The zero-order valence-electron chi connectivity index (χ0n) is 6.78. The summed E-state index contributed by atoms with van der Waals surface area (Å²) >= 11 is 3.13. The average Bonchev–Trinajstić information content (AvgIpc) is 2.03. The lowest BCUT2D eigenvalue weighted by Crippen LogP contribution is -2.26. The van der Waals surface area contributed by atoms with Gasteiger partial charge in [0, 0.05) is 7.05 Å². The summed E-state index contributed by atoms with van der Waals surface area (Å²) in [5, 5.41) is 0. The second-order valence-electron chi connectivity index (χ2n) is 2.16. The van der Waals surface area contributed by atoms with E-state index in [0.29, 0.717) is 4.60 Å². The second kappa shape index (κ2) is 4.03. The van der Waals surface area contributed by atoms with Crippen molar-refractivity contribution in [1.82, 2.24) is 9.71 Å². The van der Waals surface area contributed by atoms with Crippen molar-refractivity contribution >= 4 is 32.0 Å². The van der Waals surface area contributed by atoms with E-state index in [9.17, 15) is 8.42 Å². The van der Waals surface area contributed by atoms with E-state index in [4.69, 9.17) is 0 Å². The maximum atomic E-state index is 11.0. The van der Waals surface area contributed by atoms with Gasteiger partial charge in [-0.2, -0.15) is 8.42 Å². The van der Waals surface area contributed by atoms with E-state index in [1.807, 2.05) is 0 Å². The standard InChI is InChI=1S/C6H8BrN3O2S/c1-8-13(11,12)10-6-4-2-3-5(7)9-6/h2-4,8H,1H3,(H,9,10). The molecular weight excluding hydrogens is 258 g/mol. The molecule has 1 rings (SSSR count). The van der Waals surface area contributed by atoms with Gasteiger partial charge in [0.15, 0.2) is 0 Å². The van der Waals surface area contributed by atoms with Crippen LogP contribution in [0.1, 0.15) is 0 Å². The quantitative estimate of drug-likeness (QED) is 0.792. The van der Waals surface area contributed by atoms with Gasteiger partial charge < -0.3 is 0 Å². The summed E-state index contributed by atoms with van der Waals surface area (Å²) in [6, 6.07) is 4.95. The van der Waals surface area contributed by atoms with Gasteiger partial charge in [0.05, 0.1) is 0 Å². The second-order valence-corrected chi connectivity index (χ2v) is 4.59. The van der Waals surface area contributed by atoms with Crippen LogP contribution in [0.5, 0.6) is 0 Å². The highest BCUT2D eigenvalue weighted by Gasteiger charge is 2.06. The van der Waals surface area contributed by atoms with Crippen LogP contribution in [0.15, 0.2) is 22.8 Å². The van der Waals surface area contributed by atoms with Gasteiger partial charge >= 0.3 is 0 Å². The Morgan fingerprint density at radius 3 is 2.69 bits per heavy atom. The smallest absolute Gasteiger partial charge is 0.255 e. The van der Waals surface area contributed by atoms with E-state index in [2.05, 4.69) is 30.4 Å². The zero-order chi connectivity index (χ0) is 9.90. The predicted octanol–water partition coefficient (Wildman–Crippen LogP) is 0.720. The summed E-state index contributed by atoms with van der Waals surface area (Å²) in [6.07, 6.45) is 0. The van der Waals surface area contributed by atoms with Crippen LogP contribution in [0.3, 0.4) is 0 Å². The third kappa shape index (κ3) is 3.29. The van der Waals surface area contributed by atoms with Gasteiger partial charge in [-0.15, -0.1) is 0 Å². The van der Waals surface area contributed by atoms with Crippen molar-refractivity contribution in [2.24, 2.45) is 0 Å². The number of nitrogens with zero attached hydrogens (tertiary/aromatic N) is 1. The Balaban J connectivity index is 2.87. The summed E-state index contributed by atoms with van der Waals surface area (Å²) in [5.41, 5.74) is 0. The Morgan fingerprint density at radius 1 is 1.46 bits per heavy atom. The van der Waals surface area contributed by atoms with Gasteiger partial charge in [-0.3, -0.25) is 4.72 Å². The predicted molar refractivity (Wildman–Crippen MR) is 53.5 cm³/mol. The molecule has 7 heteroatoms. The molecule has 0 atom stereocenters. The first kappa shape index (κ1) is 10.4. The molecule has 0 aliphatic heterocycles. The van der Waals surface area contributed by atoms with E-state index in [-0.39, 0.29) is 5.82 Å². The van der Waals surface area contributed by atoms with Crippen LogP contribution in [-0.4, -0.2) is 20.4 Å². The molecule has 0 aliphatic carbocycles. The van der Waals surface area contributed by atoms with E-state index in [0.717, 1.165) is 0 Å². The maximum Gasteiger partial charge on any atom is 0.300 e. The van der Waals surface area contributed by atoms with Gasteiger partial charge in [0.2, 0.25) is 0 Å². The van der Waals surface area contributed by atoms with Crippen molar-refractivity contribution in [3.8, 4) is 0 Å². The van der Waals surface area contributed by atoms with Crippen molar-refractivity contribution in [1.29, 1.82) is 0 Å². The van der Waals surface area contributed by atoms with Crippen molar-refractivity contribution in [2.45, 2.75) is 0 Å². The van der Waals surface area contributed by atoms with E-state index in [1.54, 1.807) is 18.2 Å². The minimum Gasteiger partial charge on any atom is -0.255 e. The molecule has 2 N–H and O–H groups in total. The number of nitrogens with one attached hydrogen (secondary N) is 2. The summed E-state index contributed by atoms with van der Waals surface area (Å²) in [6.45, 7) is 0. The number of aromatic nitrogens is 1. The topological polar surface area (TPSA) is 71.1 Å². The Bertz CT molecular complexity index is 393. The number of rotatable bonds is 3. The van der Waals surface area contributed by atoms with Crippen molar-refractivity contribution in [3.63, 3.8) is 0 Å². The molecule has 5 nitrogen and oxygen atoms in total. The Kier molecular flexibility index (Phi) is 3.23. The van der Waals surface area contributed by atoms with Crippen LogP contribution in [0.25, 0.3) is 0 Å². The maximum absolute atomic E-state index is 11.0. The molecule has 1 aromatic heterocycles. The first-order chi connectivity index (χ1) is 6.03. The third-order valence-electron chi connectivity index (χ3n) is 1.22. The Hall–Kier alpha value is -0.660. The van der Waals surface area contributed by atoms with Crippen LogP contribution in [0, 0.1) is 0 Å². The molecule has 0 amide bonds. The molecule has 1 heterocycles. The Morgan fingerprint density at radius 2 is 2.15 bits per heavy atom. The van der Waals surface area contributed by atoms with Crippen LogP contribution in [0.2, 0.25) is 0 Å². The molecular formula is C6H8BrN3O2S. The highest BCUT2D eigenvalue weighted by Crippen LogP contribution is 2.10. The van der Waals surface area contributed by atoms with Crippen LogP contribution in [-0.2, 0) is 10.2 Å². The molecule has 0 aliphatic rings. The SMILES string of the molecule is CNS(=O)(=O)Nc1cccc(Br)n1. The number of hydrogen-bond acceptors (Lipinski definition) is 3. The number of pyridine rings is 1. The lowest BCUT2D eigenvalue weighted by molar-refractivity contribution is 0.593. The molecule has 13 heavy (non-hydrogen) atoms. The fourth-order valence-corrected chi connectivity index (χ4v) is 1.49. The summed E-state index contributed by atoms with van der Waals surface area (Å²) < 4.78 is 26.9. The van der Waals surface area contributed by atoms with Gasteiger partial charge in [0.25, 0.3) is 10.2 Å². The molecule has 0 bridgehead atoms. The van der Waals surface area contributed by atoms with E-state index < -0.39 is 10.2 Å². The molecule has 0 radical (unpaired) electrons. The minimum absolute atomic E-state index is 0.267. The average molecular weight is 266 g/mol. The van der Waals surface area contributed by atoms with Gasteiger partial charge in [-0.05, 0) is 28.1 Å². The van der Waals surface area contributed by atoms with Crippen molar-refractivity contribution in [2.75, 3.05) is 11.8 Å². The fraction of sp³-hybridized carbons (Fsp3) is 0.167. The summed E-state index contributed by atoms with van der Waals surface area (Å²) in [4.78, 5) is 3.89. The molecule has 0 aromatic carbocycles. The van der Waals surface area contributed by atoms with Crippen molar-refractivity contribution in [3.05, 3.63) is 22.8 Å². The molecule has 1 aromatic rings. The lowest BCUT2D eigenvalue weighted by Gasteiger charge is -2.04. The molecule has 72 valence electrons. The Labute approximate surface area is 84.9 Å². The fourth-order valence-electron chi connectivity index (χ4n) is 0.654. The lowest BCUT2D eigenvalue weighted by atomic mass is 10.5. The minimum atomic E-state index is -3.47. The first-order valence-corrected chi connectivity index (χ1v) is 5.65. The molecule has 0 unspecified atom stereocenters. The highest BCUT2D eigenvalue weighted by molar-refractivity contribution is 9.10. The molecule has 0 saturated carbocycles. The normalized spacial score (nSPS) is 11.2. The van der Waals surface area contributed by atoms with Gasteiger partial charge in [0.1, 0.15) is 10.4 Å². The first-order valence-electron chi connectivity index (χ1n) is 3.37. The number of hydrogen-bond donors (Lipinski definition) is 2. The van der Waals surface area contributed by atoms with Gasteiger partial charge in [-0.25, -0.2) is 9.71 Å². The molecule has 0 fully saturated rings. The highest BCUT2D eigenvalue weighted by atomic mass is 79.9. The van der Waals surface area contributed by atoms with Crippen LogP contribution in [0.4, 0.5) is 5.82 Å². The van der Waals surface area contributed by atoms with Crippen LogP contribution >= 0.6 is 15.9 Å². The van der Waals surface area contributed by atoms with Crippen LogP contribution < -0.4 is 9.44 Å². The van der Waals surface area contributed by atoms with Crippen molar-refractivity contribution < 1.29 is 8.42 Å². The third-order valence-corrected chi connectivity index (χ3v) is 2.68.